The molecule has 1 aromatic heterocycles. The fourth-order valence-electron chi connectivity index (χ4n) is 4.22. The predicted molar refractivity (Wildman–Crippen MR) is 104 cm³/mol. The van der Waals surface area contributed by atoms with E-state index in [-0.39, 0.29) is 29.0 Å². The van der Waals surface area contributed by atoms with Gasteiger partial charge in [0.1, 0.15) is 23.6 Å². The van der Waals surface area contributed by atoms with Crippen LogP contribution in [0.2, 0.25) is 0 Å². The minimum absolute atomic E-state index is 0.0382. The summed E-state index contributed by atoms with van der Waals surface area (Å²) in [6, 6.07) is 0. The van der Waals surface area contributed by atoms with Crippen LogP contribution in [0.25, 0.3) is 0 Å². The van der Waals surface area contributed by atoms with Crippen LogP contribution in [0.1, 0.15) is 66.2 Å². The van der Waals surface area contributed by atoms with Crippen LogP contribution in [0.15, 0.2) is 11.0 Å². The van der Waals surface area contributed by atoms with Crippen molar-refractivity contribution in [1.29, 1.82) is 0 Å². The van der Waals surface area contributed by atoms with Crippen molar-refractivity contribution < 1.29 is 14.2 Å². The molecular weight excluding hydrogens is 346 g/mol. The van der Waals surface area contributed by atoms with Crippen LogP contribution in [0.4, 0.5) is 5.82 Å². The molecule has 7 nitrogen and oxygen atoms in total. The second-order valence-electron chi connectivity index (χ2n) is 10.0. The molecule has 0 aliphatic carbocycles. The largest absolute Gasteiger partial charge is 0.383 e. The van der Waals surface area contributed by atoms with Crippen molar-refractivity contribution in [3.05, 3.63) is 22.2 Å². The molecule has 4 atom stereocenters. The van der Waals surface area contributed by atoms with Gasteiger partial charge in [0.2, 0.25) is 0 Å². The number of aromatic nitrogens is 2. The third kappa shape index (κ3) is 4.05. The van der Waals surface area contributed by atoms with Crippen molar-refractivity contribution in [1.82, 2.24) is 9.55 Å². The Hall–Kier alpha value is -1.44. The third-order valence-electron chi connectivity index (χ3n) is 5.05. The first-order chi connectivity index (χ1) is 12.3. The fourth-order valence-corrected chi connectivity index (χ4v) is 4.22. The van der Waals surface area contributed by atoms with Crippen LogP contribution in [0, 0.1) is 12.3 Å². The average molecular weight is 380 g/mol. The number of nitrogen functional groups attached to an aromatic ring is 1. The predicted octanol–water partition coefficient (Wildman–Crippen LogP) is 2.81. The maximum atomic E-state index is 12.5. The van der Waals surface area contributed by atoms with Gasteiger partial charge in [-0.05, 0) is 39.5 Å². The Labute approximate surface area is 161 Å². The van der Waals surface area contributed by atoms with Gasteiger partial charge in [0.15, 0.2) is 6.23 Å². The highest BCUT2D eigenvalue weighted by molar-refractivity contribution is 5.35. The molecule has 27 heavy (non-hydrogen) atoms. The van der Waals surface area contributed by atoms with E-state index in [1.54, 1.807) is 6.20 Å². The van der Waals surface area contributed by atoms with Crippen LogP contribution in [-0.4, -0.2) is 39.6 Å². The molecule has 2 aliphatic heterocycles. The molecule has 152 valence electrons. The second-order valence-corrected chi connectivity index (χ2v) is 10.0. The van der Waals surface area contributed by atoms with Crippen molar-refractivity contribution in [2.75, 3.05) is 12.3 Å². The lowest BCUT2D eigenvalue weighted by Gasteiger charge is -2.44. The molecule has 2 fully saturated rings. The van der Waals surface area contributed by atoms with Crippen LogP contribution < -0.4 is 11.4 Å². The van der Waals surface area contributed by atoms with E-state index in [1.807, 2.05) is 27.7 Å². The van der Waals surface area contributed by atoms with Crippen molar-refractivity contribution in [3.63, 3.8) is 0 Å². The molecule has 2 unspecified atom stereocenters. The highest BCUT2D eigenvalue weighted by atomic mass is 16.6. The molecule has 0 saturated carbocycles. The van der Waals surface area contributed by atoms with Crippen molar-refractivity contribution in [2.24, 2.45) is 5.41 Å². The van der Waals surface area contributed by atoms with Gasteiger partial charge in [0.05, 0.1) is 12.2 Å². The zero-order valence-corrected chi connectivity index (χ0v) is 17.5. The van der Waals surface area contributed by atoms with Crippen LogP contribution >= 0.6 is 0 Å². The normalized spacial score (nSPS) is 31.3. The van der Waals surface area contributed by atoms with Crippen LogP contribution in [0.5, 0.6) is 0 Å². The van der Waals surface area contributed by atoms with E-state index in [1.165, 1.54) is 4.57 Å². The lowest BCUT2D eigenvalue weighted by Crippen LogP contribution is -2.54. The summed E-state index contributed by atoms with van der Waals surface area (Å²) in [6.45, 7) is 15.1. The average Bonchev–Trinajstić information content (AvgIpc) is 2.64. The summed E-state index contributed by atoms with van der Waals surface area (Å²) in [4.78, 5) is 16.5. The summed E-state index contributed by atoms with van der Waals surface area (Å²) in [6.07, 6.45) is 2.03. The molecule has 3 rings (SSSR count). The van der Waals surface area contributed by atoms with Crippen LogP contribution in [0.3, 0.4) is 0 Å². The Balaban J connectivity index is 2.06. The van der Waals surface area contributed by atoms with E-state index in [0.717, 1.165) is 18.4 Å². The number of ether oxygens (including phenoxy) is 3. The molecule has 3 heterocycles. The standard InChI is InChI=1S/C20H33N3O4/c1-12-10-23(17(24)22-15(12)21)16-13-14(26-19(5,6)7)20(27-16,8-9-25-13)11-18(2,3)4/h10,13-14,16H,8-9,11H2,1-7H3,(H2,21,22,24)/t13?,14?,16-,20-/m1/s1. The monoisotopic (exact) mass is 379 g/mol. The van der Waals surface area contributed by atoms with E-state index in [4.69, 9.17) is 19.9 Å². The SMILES string of the molecule is Cc1cn([C@@H]2O[C@@]3(CC(C)(C)C)CCOC2C3OC(C)(C)C)c(=O)nc1N. The topological polar surface area (TPSA) is 88.6 Å². The number of nitrogens with two attached hydrogens (primary N) is 1. The number of fused-ring (bicyclic) bond motifs is 2. The molecule has 2 aliphatic rings. The molecule has 2 bridgehead atoms. The van der Waals surface area contributed by atoms with E-state index in [9.17, 15) is 4.79 Å². The molecule has 2 saturated heterocycles. The van der Waals surface area contributed by atoms with Crippen molar-refractivity contribution in [3.8, 4) is 0 Å². The van der Waals surface area contributed by atoms with Gasteiger partial charge in [0, 0.05) is 18.2 Å². The fraction of sp³-hybridized carbons (Fsp3) is 0.800. The molecule has 0 spiro atoms. The highest BCUT2D eigenvalue weighted by Gasteiger charge is 2.61. The van der Waals surface area contributed by atoms with Gasteiger partial charge in [0.25, 0.3) is 0 Å². The molecular formula is C20H33N3O4. The zero-order chi connectivity index (χ0) is 20.2. The lowest BCUT2D eigenvalue weighted by molar-refractivity contribution is -0.195. The maximum absolute atomic E-state index is 12.5. The van der Waals surface area contributed by atoms with Crippen molar-refractivity contribution in [2.45, 2.75) is 90.9 Å². The summed E-state index contributed by atoms with van der Waals surface area (Å²) in [7, 11) is 0. The lowest BCUT2D eigenvalue weighted by atomic mass is 9.76. The summed E-state index contributed by atoms with van der Waals surface area (Å²) >= 11 is 0. The molecule has 0 aromatic carbocycles. The first-order valence-corrected chi connectivity index (χ1v) is 9.64. The first-order valence-electron chi connectivity index (χ1n) is 9.64. The Morgan fingerprint density at radius 1 is 1.33 bits per heavy atom. The Morgan fingerprint density at radius 3 is 2.59 bits per heavy atom. The van der Waals surface area contributed by atoms with Crippen LogP contribution in [-0.2, 0) is 14.2 Å². The van der Waals surface area contributed by atoms with Gasteiger partial charge < -0.3 is 19.9 Å². The van der Waals surface area contributed by atoms with Gasteiger partial charge >= 0.3 is 5.69 Å². The van der Waals surface area contributed by atoms with E-state index < -0.39 is 17.5 Å². The minimum atomic E-state index is -0.582. The molecule has 0 amide bonds. The van der Waals surface area contributed by atoms with Crippen molar-refractivity contribution >= 4 is 5.82 Å². The number of rotatable bonds is 3. The molecule has 1 aromatic rings. The Bertz CT molecular complexity index is 762. The minimum Gasteiger partial charge on any atom is -0.383 e. The highest BCUT2D eigenvalue weighted by Crippen LogP contribution is 2.51. The second kappa shape index (κ2) is 6.57. The molecule has 0 radical (unpaired) electrons. The molecule has 7 heteroatoms. The number of anilines is 1. The number of hydrogen-bond acceptors (Lipinski definition) is 6. The third-order valence-corrected chi connectivity index (χ3v) is 5.05. The Kier molecular flexibility index (Phi) is 4.94. The first kappa shape index (κ1) is 20.3. The van der Waals surface area contributed by atoms with Gasteiger partial charge in [-0.2, -0.15) is 4.98 Å². The summed E-state index contributed by atoms with van der Waals surface area (Å²) in [5.41, 5.74) is 5.27. The summed E-state index contributed by atoms with van der Waals surface area (Å²) < 4.78 is 20.6. The summed E-state index contributed by atoms with van der Waals surface area (Å²) in [5.74, 6) is 0.241. The van der Waals surface area contributed by atoms with Gasteiger partial charge in [-0.15, -0.1) is 0 Å². The van der Waals surface area contributed by atoms with E-state index >= 15 is 0 Å². The van der Waals surface area contributed by atoms with Gasteiger partial charge in [-0.3, -0.25) is 4.57 Å². The van der Waals surface area contributed by atoms with Gasteiger partial charge in [-0.1, -0.05) is 20.8 Å². The summed E-state index contributed by atoms with van der Waals surface area (Å²) in [5, 5.41) is 0. The van der Waals surface area contributed by atoms with E-state index in [2.05, 4.69) is 25.8 Å². The Morgan fingerprint density at radius 2 is 2.00 bits per heavy atom. The number of aryl methyl sites for hydroxylation is 1. The smallest absolute Gasteiger partial charge is 0.351 e. The quantitative estimate of drug-likeness (QED) is 0.869. The zero-order valence-electron chi connectivity index (χ0n) is 17.5. The van der Waals surface area contributed by atoms with Gasteiger partial charge in [-0.25, -0.2) is 4.79 Å². The number of hydrogen-bond donors (Lipinski definition) is 1. The maximum Gasteiger partial charge on any atom is 0.351 e. The number of nitrogens with zero attached hydrogens (tertiary/aromatic N) is 2. The molecule has 2 N–H and O–H groups in total. The van der Waals surface area contributed by atoms with E-state index in [0.29, 0.717) is 6.61 Å².